The Morgan fingerprint density at radius 3 is 1.06 bits per heavy atom. The van der Waals surface area contributed by atoms with E-state index >= 15 is 0 Å². The summed E-state index contributed by atoms with van der Waals surface area (Å²) in [5.41, 5.74) is 0. The largest absolute Gasteiger partial charge is 0.460 e. The fourth-order valence-corrected chi connectivity index (χ4v) is 2.34. The first kappa shape index (κ1) is 30.7. The Kier molecular flexibility index (Phi) is 7.58. The fraction of sp³-hybridized carbons (Fsp3) is 1.00. The van der Waals surface area contributed by atoms with Crippen LogP contribution in [0.1, 0.15) is 12.8 Å². The lowest BCUT2D eigenvalue weighted by molar-refractivity contribution is -0.461. The molecular weight excluding hydrogens is 535 g/mol. The summed E-state index contributed by atoms with van der Waals surface area (Å²) in [4.78, 5) is 0. The van der Waals surface area contributed by atoms with Crippen molar-refractivity contribution >= 4 is 10.1 Å². The van der Waals surface area contributed by atoms with E-state index in [1.54, 1.807) is 0 Å². The zero-order valence-corrected chi connectivity index (χ0v) is 15.0. The Hall–Kier alpha value is -1.28. The summed E-state index contributed by atoms with van der Waals surface area (Å²) in [5.74, 6) is -59.0. The third kappa shape index (κ3) is 4.54. The first-order chi connectivity index (χ1) is 13.5. The summed E-state index contributed by atoms with van der Waals surface area (Å²) >= 11 is 0. The number of halogens is 17. The van der Waals surface area contributed by atoms with E-state index in [9.17, 15) is 83.1 Å². The van der Waals surface area contributed by atoms with Crippen molar-refractivity contribution < 1.29 is 87.6 Å². The van der Waals surface area contributed by atoms with Gasteiger partial charge in [0.25, 0.3) is 10.1 Å². The van der Waals surface area contributed by atoms with E-state index in [1.807, 2.05) is 0 Å². The van der Waals surface area contributed by atoms with Crippen LogP contribution >= 0.6 is 0 Å². The first-order valence-corrected chi connectivity index (χ1v) is 8.73. The van der Waals surface area contributed by atoms with Gasteiger partial charge in [-0.15, -0.1) is 0 Å². The molecule has 0 saturated carbocycles. The molecule has 0 unspecified atom stereocenters. The van der Waals surface area contributed by atoms with E-state index in [2.05, 4.69) is 0 Å². The number of rotatable bonds is 10. The lowest BCUT2D eigenvalue weighted by Gasteiger charge is -2.42. The smallest absolute Gasteiger partial charge is 0.286 e. The van der Waals surface area contributed by atoms with Gasteiger partial charge in [-0.05, 0) is 6.42 Å². The van der Waals surface area contributed by atoms with Crippen LogP contribution in [-0.4, -0.2) is 66.4 Å². The molecule has 194 valence electrons. The highest BCUT2D eigenvalue weighted by molar-refractivity contribution is 7.85. The maximum Gasteiger partial charge on any atom is 0.460 e. The van der Waals surface area contributed by atoms with Crippen molar-refractivity contribution in [2.75, 3.05) is 5.75 Å². The van der Waals surface area contributed by atoms with Gasteiger partial charge in [-0.2, -0.15) is 83.1 Å². The van der Waals surface area contributed by atoms with Gasteiger partial charge in [-0.1, -0.05) is 0 Å². The van der Waals surface area contributed by atoms with E-state index in [1.165, 1.54) is 0 Å². The molecule has 0 heterocycles. The van der Waals surface area contributed by atoms with Gasteiger partial charge in [0.15, 0.2) is 0 Å². The van der Waals surface area contributed by atoms with Crippen LogP contribution in [0.2, 0.25) is 0 Å². The van der Waals surface area contributed by atoms with Gasteiger partial charge in [0.2, 0.25) is 0 Å². The minimum Gasteiger partial charge on any atom is -0.286 e. The van der Waals surface area contributed by atoms with Gasteiger partial charge in [0, 0.05) is 6.42 Å². The zero-order chi connectivity index (χ0) is 26.6. The number of alkyl halides is 17. The quantitative estimate of drug-likeness (QED) is 0.286. The molecule has 0 saturated heterocycles. The van der Waals surface area contributed by atoms with Crippen LogP contribution < -0.4 is 0 Å². The molecule has 0 aromatic heterocycles. The molecule has 0 spiro atoms. The van der Waals surface area contributed by atoms with Crippen molar-refractivity contribution in [2.24, 2.45) is 0 Å². The first-order valence-electron chi connectivity index (χ1n) is 7.12. The van der Waals surface area contributed by atoms with Crippen molar-refractivity contribution in [2.45, 2.75) is 60.5 Å². The molecule has 0 radical (unpaired) electrons. The zero-order valence-electron chi connectivity index (χ0n) is 14.2. The lowest BCUT2D eigenvalue weighted by Crippen LogP contribution is -2.74. The second-order valence-corrected chi connectivity index (χ2v) is 7.61. The van der Waals surface area contributed by atoms with Crippen LogP contribution in [-0.2, 0) is 10.1 Å². The van der Waals surface area contributed by atoms with Crippen molar-refractivity contribution in [3.05, 3.63) is 0 Å². The van der Waals surface area contributed by atoms with Gasteiger partial charge in [-0.25, -0.2) is 0 Å². The Bertz CT molecular complexity index is 782. The Morgan fingerprint density at radius 2 is 0.781 bits per heavy atom. The fourth-order valence-electron chi connectivity index (χ4n) is 1.83. The molecule has 0 aromatic rings. The number of hydrogen-bond acceptors (Lipinski definition) is 2. The topological polar surface area (TPSA) is 54.4 Å². The molecule has 32 heavy (non-hydrogen) atoms. The molecule has 0 bridgehead atoms. The SMILES string of the molecule is O=S(=O)(O)CCCC(F)(F)C(F)(F)C(F)(F)C(F)(F)C(F)(F)C(F)(F)C(F)(F)C(F)(F)F. The second-order valence-electron chi connectivity index (χ2n) is 6.04. The average molecular weight is 542 g/mol. The summed E-state index contributed by atoms with van der Waals surface area (Å²) in [6, 6.07) is 0. The third-order valence-corrected chi connectivity index (χ3v) is 4.48. The van der Waals surface area contributed by atoms with Crippen LogP contribution in [0.5, 0.6) is 0 Å². The van der Waals surface area contributed by atoms with Gasteiger partial charge >= 0.3 is 47.6 Å². The molecule has 0 aliphatic heterocycles. The van der Waals surface area contributed by atoms with Crippen LogP contribution in [0.25, 0.3) is 0 Å². The van der Waals surface area contributed by atoms with Crippen molar-refractivity contribution in [1.29, 1.82) is 0 Å². The van der Waals surface area contributed by atoms with E-state index in [4.69, 9.17) is 4.55 Å². The molecule has 0 aromatic carbocycles. The maximum absolute atomic E-state index is 13.4. The van der Waals surface area contributed by atoms with Crippen LogP contribution in [0.3, 0.4) is 0 Å². The predicted octanol–water partition coefficient (Wildman–Crippen LogP) is 5.66. The minimum atomic E-state index is -8.71. The Morgan fingerprint density at radius 1 is 0.500 bits per heavy atom. The third-order valence-electron chi connectivity index (χ3n) is 3.68. The highest BCUT2D eigenvalue weighted by atomic mass is 32.2. The summed E-state index contributed by atoms with van der Waals surface area (Å²) in [7, 11) is -5.25. The normalized spacial score (nSPS) is 16.4. The molecule has 0 aliphatic rings. The van der Waals surface area contributed by atoms with Crippen LogP contribution in [0.4, 0.5) is 74.6 Å². The minimum absolute atomic E-state index is 1.91. The molecule has 3 nitrogen and oxygen atoms in total. The van der Waals surface area contributed by atoms with Gasteiger partial charge < -0.3 is 0 Å². The molecule has 0 fully saturated rings. The standard InChI is InChI=1S/C11H7F17O3S/c12-4(13,2-1-3-32(29,30)31)5(14,15)6(16,17)7(18,19)8(20,21)9(22,23)10(24,25)11(26,27)28/h1-3H2,(H,29,30,31). The van der Waals surface area contributed by atoms with Crippen molar-refractivity contribution in [1.82, 2.24) is 0 Å². The van der Waals surface area contributed by atoms with E-state index in [-0.39, 0.29) is 0 Å². The van der Waals surface area contributed by atoms with E-state index in [0.29, 0.717) is 0 Å². The van der Waals surface area contributed by atoms with Gasteiger partial charge in [0.1, 0.15) is 0 Å². The summed E-state index contributed by atoms with van der Waals surface area (Å²) in [5, 5.41) is 0. The van der Waals surface area contributed by atoms with Crippen molar-refractivity contribution in [3.8, 4) is 0 Å². The summed E-state index contributed by atoms with van der Waals surface area (Å²) in [6.45, 7) is 0. The number of hydrogen-bond donors (Lipinski definition) is 1. The molecule has 0 amide bonds. The Labute approximate surface area is 165 Å². The van der Waals surface area contributed by atoms with E-state index < -0.39 is 76.3 Å². The van der Waals surface area contributed by atoms with Gasteiger partial charge in [0.05, 0.1) is 5.75 Å². The highest BCUT2D eigenvalue weighted by Crippen LogP contribution is 2.64. The average Bonchev–Trinajstić information content (AvgIpc) is 2.50. The maximum atomic E-state index is 13.4. The Balaban J connectivity index is 6.47. The van der Waals surface area contributed by atoms with Crippen molar-refractivity contribution in [3.63, 3.8) is 0 Å². The van der Waals surface area contributed by atoms with Crippen LogP contribution in [0, 0.1) is 0 Å². The summed E-state index contributed by atoms with van der Waals surface area (Å²) < 4.78 is 248. The lowest BCUT2D eigenvalue weighted by atomic mass is 9.88. The molecular formula is C11H7F17O3S. The highest BCUT2D eigenvalue weighted by Gasteiger charge is 2.95. The van der Waals surface area contributed by atoms with E-state index in [0.717, 1.165) is 0 Å². The summed E-state index contributed by atoms with van der Waals surface area (Å²) in [6.07, 6.45) is -12.7. The van der Waals surface area contributed by atoms with Gasteiger partial charge in [-0.3, -0.25) is 4.55 Å². The van der Waals surface area contributed by atoms with Crippen LogP contribution in [0.15, 0.2) is 0 Å². The molecule has 0 rings (SSSR count). The molecule has 21 heteroatoms. The molecule has 0 aliphatic carbocycles. The molecule has 0 atom stereocenters. The second kappa shape index (κ2) is 7.90. The predicted molar refractivity (Wildman–Crippen MR) is 66.3 cm³/mol. The monoisotopic (exact) mass is 542 g/mol. The molecule has 1 N–H and O–H groups in total.